The van der Waals surface area contributed by atoms with E-state index in [0.717, 1.165) is 46.4 Å². The van der Waals surface area contributed by atoms with E-state index >= 15 is 0 Å². The summed E-state index contributed by atoms with van der Waals surface area (Å²) in [5.41, 5.74) is 3.10. The Kier molecular flexibility index (Phi) is 8.33. The van der Waals surface area contributed by atoms with Crippen molar-refractivity contribution in [3.8, 4) is 11.3 Å². The molecule has 45 heavy (non-hydrogen) atoms. The number of aryl methyl sites for hydroxylation is 1. The molecule has 3 aromatic heterocycles. The number of aromatic amines is 1. The van der Waals surface area contributed by atoms with Crippen LogP contribution in [0.2, 0.25) is 0 Å². The van der Waals surface area contributed by atoms with Gasteiger partial charge in [-0.25, -0.2) is 4.98 Å². The number of carbonyl (C=O) groups excluding carboxylic acids is 3. The molecular formula is C35H44N6O4. The van der Waals surface area contributed by atoms with Gasteiger partial charge >= 0.3 is 0 Å². The molecular weight excluding hydrogens is 568 g/mol. The lowest BCUT2D eigenvalue weighted by atomic mass is 9.67. The van der Waals surface area contributed by atoms with Crippen LogP contribution in [0.15, 0.2) is 59.7 Å². The maximum absolute atomic E-state index is 14.6. The van der Waals surface area contributed by atoms with Crippen molar-refractivity contribution in [1.29, 1.82) is 0 Å². The highest BCUT2D eigenvalue weighted by Crippen LogP contribution is 2.50. The molecule has 0 aliphatic carbocycles. The summed E-state index contributed by atoms with van der Waals surface area (Å²) < 4.78 is 7.62. The maximum atomic E-state index is 14.6. The molecule has 2 aliphatic rings. The topological polar surface area (TPSA) is 116 Å². The van der Waals surface area contributed by atoms with Gasteiger partial charge in [-0.2, -0.15) is 0 Å². The van der Waals surface area contributed by atoms with Crippen LogP contribution in [0.1, 0.15) is 65.1 Å². The van der Waals surface area contributed by atoms with Crippen molar-refractivity contribution in [3.63, 3.8) is 0 Å². The number of fused-ring (bicyclic) bond motifs is 5. The zero-order valence-corrected chi connectivity index (χ0v) is 26.9. The first-order valence-electron chi connectivity index (χ1n) is 16.1. The molecule has 0 unspecified atom stereocenters. The molecule has 10 nitrogen and oxygen atoms in total. The monoisotopic (exact) mass is 612 g/mol. The molecule has 3 atom stereocenters. The number of piperidine rings is 1. The third-order valence-electron chi connectivity index (χ3n) is 9.75. The van der Waals surface area contributed by atoms with E-state index in [2.05, 4.69) is 33.5 Å². The minimum absolute atomic E-state index is 0.00828. The van der Waals surface area contributed by atoms with E-state index in [1.54, 1.807) is 18.8 Å². The molecule has 2 N–H and O–H groups in total. The normalized spacial score (nSPS) is 21.3. The predicted molar refractivity (Wildman–Crippen MR) is 172 cm³/mol. The Hall–Kier alpha value is -4.34. The fraction of sp³-hybridized carbons (Fsp3) is 0.486. The van der Waals surface area contributed by atoms with E-state index < -0.39 is 17.4 Å². The van der Waals surface area contributed by atoms with Crippen LogP contribution in [-0.2, 0) is 32.9 Å². The van der Waals surface area contributed by atoms with Crippen LogP contribution in [0.25, 0.3) is 22.2 Å². The second-order valence-electron chi connectivity index (χ2n) is 13.2. The first kappa shape index (κ1) is 30.7. The van der Waals surface area contributed by atoms with Crippen LogP contribution < -0.4 is 5.32 Å². The molecule has 5 heterocycles. The molecule has 2 aliphatic heterocycles. The summed E-state index contributed by atoms with van der Waals surface area (Å²) >= 11 is 0. The Morgan fingerprint density at radius 2 is 2.00 bits per heavy atom. The molecule has 1 aromatic carbocycles. The third kappa shape index (κ3) is 5.55. The van der Waals surface area contributed by atoms with Crippen molar-refractivity contribution >= 4 is 28.6 Å². The van der Waals surface area contributed by atoms with Gasteiger partial charge in [0.15, 0.2) is 0 Å². The first-order chi connectivity index (χ1) is 21.6. The van der Waals surface area contributed by atoms with Crippen molar-refractivity contribution in [1.82, 2.24) is 29.7 Å². The fourth-order valence-electron chi connectivity index (χ4n) is 7.67. The number of rotatable bonds is 10. The lowest BCUT2D eigenvalue weighted by Gasteiger charge is -2.54. The number of H-pyrrole nitrogens is 1. The Morgan fingerprint density at radius 1 is 1.20 bits per heavy atom. The number of nitrogens with zero attached hydrogens (tertiary/aromatic N) is 4. The van der Waals surface area contributed by atoms with Crippen molar-refractivity contribution in [3.05, 3.63) is 66.6 Å². The number of benzene rings is 1. The molecule has 0 radical (unpaired) electrons. The summed E-state index contributed by atoms with van der Waals surface area (Å²) in [6, 6.07) is 10.0. The molecule has 6 rings (SSSR count). The average Bonchev–Trinajstić information content (AvgIpc) is 3.78. The van der Waals surface area contributed by atoms with Crippen molar-refractivity contribution in [2.24, 2.45) is 11.8 Å². The number of hydrogen-bond donors (Lipinski definition) is 2. The summed E-state index contributed by atoms with van der Waals surface area (Å²) in [6.07, 6.45) is 8.85. The first-order valence-corrected chi connectivity index (χ1v) is 16.1. The number of carbonyl (C=O) groups is 3. The SMILES string of the molecule is CC(C)N(C(=O)[C@H]1C[C@H](CC(=O)NCCCn2ccnc2)C(=O)N2CCc3c([nH]c4cc(-c5ccco5)ccc34)[C@]12C)C(C)C. The predicted octanol–water partition coefficient (Wildman–Crippen LogP) is 5.10. The second kappa shape index (κ2) is 12.2. The summed E-state index contributed by atoms with van der Waals surface area (Å²) in [7, 11) is 0. The molecule has 0 bridgehead atoms. The van der Waals surface area contributed by atoms with Gasteiger partial charge < -0.3 is 29.1 Å². The van der Waals surface area contributed by atoms with Gasteiger partial charge in [0.25, 0.3) is 0 Å². The molecule has 0 saturated carbocycles. The summed E-state index contributed by atoms with van der Waals surface area (Å²) in [5.74, 6) is -0.503. The Bertz CT molecular complexity index is 1660. The highest BCUT2D eigenvalue weighted by molar-refractivity contribution is 5.94. The van der Waals surface area contributed by atoms with Crippen LogP contribution in [0.5, 0.6) is 0 Å². The number of imidazole rings is 1. The highest BCUT2D eigenvalue weighted by Gasteiger charge is 2.57. The van der Waals surface area contributed by atoms with Crippen molar-refractivity contribution < 1.29 is 18.8 Å². The van der Waals surface area contributed by atoms with E-state index in [4.69, 9.17) is 4.42 Å². The van der Waals surface area contributed by atoms with Gasteiger partial charge in [0, 0.05) is 78.6 Å². The van der Waals surface area contributed by atoms with Crippen LogP contribution in [0, 0.1) is 11.8 Å². The van der Waals surface area contributed by atoms with E-state index in [-0.39, 0.29) is 36.2 Å². The molecule has 10 heteroatoms. The average molecular weight is 613 g/mol. The standard InChI is InChI=1S/C35H44N6O4/c1-22(2)41(23(3)4)34(44)28-18-25(20-31(42)37-12-7-14-39-16-13-36-21-39)33(43)40-15-11-27-26-10-9-24(30-8-6-17-45-30)19-29(26)38-32(27)35(28,40)5/h6,8-10,13,16-17,19,21-23,25,28,38H,7,11-12,14-15,18,20H2,1-5H3,(H,37,42)/t25-,28-,35+/m1/s1. The Labute approximate surface area is 264 Å². The van der Waals surface area contributed by atoms with Gasteiger partial charge in [-0.05, 0) is 77.6 Å². The van der Waals surface area contributed by atoms with Gasteiger partial charge in [-0.3, -0.25) is 14.4 Å². The van der Waals surface area contributed by atoms with Gasteiger partial charge in [0.1, 0.15) is 5.76 Å². The van der Waals surface area contributed by atoms with Gasteiger partial charge in [-0.1, -0.05) is 12.1 Å². The third-order valence-corrected chi connectivity index (χ3v) is 9.75. The quantitative estimate of drug-likeness (QED) is 0.242. The minimum Gasteiger partial charge on any atom is -0.464 e. The van der Waals surface area contributed by atoms with E-state index in [1.165, 1.54) is 0 Å². The van der Waals surface area contributed by atoms with Crippen molar-refractivity contribution in [2.75, 3.05) is 13.1 Å². The van der Waals surface area contributed by atoms with Gasteiger partial charge in [0.05, 0.1) is 24.0 Å². The minimum atomic E-state index is -0.884. The second-order valence-corrected chi connectivity index (χ2v) is 13.2. The molecule has 3 amide bonds. The molecule has 1 fully saturated rings. The van der Waals surface area contributed by atoms with E-state index in [1.807, 2.05) is 67.3 Å². The maximum Gasteiger partial charge on any atom is 0.228 e. The van der Waals surface area contributed by atoms with Crippen LogP contribution in [0.3, 0.4) is 0 Å². The number of furan rings is 1. The van der Waals surface area contributed by atoms with E-state index in [0.29, 0.717) is 25.9 Å². The Morgan fingerprint density at radius 3 is 2.69 bits per heavy atom. The number of amides is 3. The summed E-state index contributed by atoms with van der Waals surface area (Å²) in [4.78, 5) is 53.5. The van der Waals surface area contributed by atoms with E-state index in [9.17, 15) is 14.4 Å². The lowest BCUT2D eigenvalue weighted by Crippen LogP contribution is -2.65. The lowest BCUT2D eigenvalue weighted by molar-refractivity contribution is -0.166. The molecule has 4 aromatic rings. The smallest absolute Gasteiger partial charge is 0.228 e. The molecule has 0 spiro atoms. The molecule has 238 valence electrons. The Balaban J connectivity index is 1.31. The number of aromatic nitrogens is 3. The summed E-state index contributed by atoms with van der Waals surface area (Å²) in [5, 5.41) is 4.09. The summed E-state index contributed by atoms with van der Waals surface area (Å²) in [6.45, 7) is 11.9. The van der Waals surface area contributed by atoms with Gasteiger partial charge in [-0.15, -0.1) is 0 Å². The molecule has 1 saturated heterocycles. The largest absolute Gasteiger partial charge is 0.464 e. The van der Waals surface area contributed by atoms with Crippen molar-refractivity contribution in [2.45, 2.75) is 84.5 Å². The van der Waals surface area contributed by atoms with Gasteiger partial charge in [0.2, 0.25) is 17.7 Å². The number of hydrogen-bond acceptors (Lipinski definition) is 5. The zero-order valence-electron chi connectivity index (χ0n) is 26.9. The van der Waals surface area contributed by atoms with Crippen LogP contribution in [0.4, 0.5) is 0 Å². The number of nitrogens with one attached hydrogen (secondary N) is 2. The van der Waals surface area contributed by atoms with Crippen LogP contribution in [-0.4, -0.2) is 67.2 Å². The van der Waals surface area contributed by atoms with Crippen LogP contribution >= 0.6 is 0 Å². The fourth-order valence-corrected chi connectivity index (χ4v) is 7.67. The highest BCUT2D eigenvalue weighted by atomic mass is 16.3. The zero-order chi connectivity index (χ0) is 31.9.